The molecule has 0 radical (unpaired) electrons. The third-order valence-electron chi connectivity index (χ3n) is 11.7. The van der Waals surface area contributed by atoms with Crippen LogP contribution in [0.25, 0.3) is 0 Å². The number of rotatable bonds is 12. The van der Waals surface area contributed by atoms with E-state index in [1.165, 1.54) is 11.6 Å². The highest BCUT2D eigenvalue weighted by Crippen LogP contribution is 2.27. The Balaban J connectivity index is 0.000000156. The molecule has 4 N–H and O–H groups in total. The van der Waals surface area contributed by atoms with Crippen molar-refractivity contribution >= 4 is 17.7 Å². The van der Waals surface area contributed by atoms with Gasteiger partial charge >= 0.3 is 0 Å². The summed E-state index contributed by atoms with van der Waals surface area (Å²) in [5.74, 6) is 4.02. The topological polar surface area (TPSA) is 226 Å². The van der Waals surface area contributed by atoms with E-state index in [0.717, 1.165) is 53.1 Å². The minimum atomic E-state index is -0.0906. The maximum Gasteiger partial charge on any atom is 0.255 e. The van der Waals surface area contributed by atoms with Crippen LogP contribution in [0.3, 0.4) is 0 Å². The van der Waals surface area contributed by atoms with E-state index in [1.54, 1.807) is 95.7 Å². The third-order valence-corrected chi connectivity index (χ3v) is 11.7. The molecule has 0 saturated heterocycles. The second-order valence-corrected chi connectivity index (χ2v) is 16.5. The number of aliphatic hydroxyl groups excluding tert-OH is 1. The van der Waals surface area contributed by atoms with Crippen LogP contribution in [0.2, 0.25) is 0 Å². The number of benzene rings is 3. The zero-order chi connectivity index (χ0) is 51.5. The maximum atomic E-state index is 12.9. The van der Waals surface area contributed by atoms with Gasteiger partial charge in [0.2, 0.25) is 5.88 Å². The Morgan fingerprint density at radius 1 is 0.548 bits per heavy atom. The van der Waals surface area contributed by atoms with Crippen molar-refractivity contribution in [3.8, 4) is 40.4 Å². The lowest BCUT2D eigenvalue weighted by atomic mass is 9.99. The van der Waals surface area contributed by atoms with Crippen LogP contribution in [0.15, 0.2) is 128 Å². The van der Waals surface area contributed by atoms with Crippen LogP contribution in [0.1, 0.15) is 70.4 Å². The first kappa shape index (κ1) is 52.1. The quantitative estimate of drug-likeness (QED) is 0.103. The second kappa shape index (κ2) is 25.9. The van der Waals surface area contributed by atoms with Gasteiger partial charge in [-0.3, -0.25) is 29.3 Å². The number of phenols is 1. The Hall–Kier alpha value is -8.77. The number of aliphatic hydroxyl groups is 1. The molecule has 7 aromatic rings. The first-order valence-corrected chi connectivity index (χ1v) is 23.3. The molecule has 0 saturated carbocycles. The Morgan fingerprint density at radius 2 is 1.07 bits per heavy atom. The fourth-order valence-electron chi connectivity index (χ4n) is 7.66. The van der Waals surface area contributed by atoms with E-state index >= 15 is 0 Å². The summed E-state index contributed by atoms with van der Waals surface area (Å²) < 4.78 is 31.7. The first-order valence-electron chi connectivity index (χ1n) is 23.3. The molecule has 0 aliphatic carbocycles. The minimum absolute atomic E-state index is 0.0238. The number of aromatic hydroxyl groups is 1. The molecule has 7 heterocycles. The van der Waals surface area contributed by atoms with Crippen molar-refractivity contribution in [3.05, 3.63) is 184 Å². The fourth-order valence-corrected chi connectivity index (χ4v) is 7.66. The summed E-state index contributed by atoms with van der Waals surface area (Å²) in [6.45, 7) is 3.29. The Labute approximate surface area is 422 Å². The molecule has 18 heteroatoms. The van der Waals surface area contributed by atoms with E-state index in [4.69, 9.17) is 38.6 Å². The molecule has 3 aromatic carbocycles. The van der Waals surface area contributed by atoms with Crippen LogP contribution in [0.5, 0.6) is 40.4 Å². The van der Waals surface area contributed by atoms with Gasteiger partial charge in [0.1, 0.15) is 47.7 Å². The molecule has 3 amide bonds. The molecule has 3 aliphatic heterocycles. The van der Waals surface area contributed by atoms with Gasteiger partial charge in [0, 0.05) is 49.6 Å². The van der Waals surface area contributed by atoms with E-state index in [-0.39, 0.29) is 30.1 Å². The van der Waals surface area contributed by atoms with Crippen molar-refractivity contribution in [1.29, 1.82) is 0 Å². The standard InChI is InChI=1S/C23H23N3O4.C16H16N2O3.C9H9NO2.C7H9NO2/c1-28-21-7-5-19(24-13-21)15-30-20-6-3-16-9-10-26(14-18(16)11-20)23(27)17-4-8-22(29-2)25-12-17;1-20-14-5-3-12(18-9-14)10-21-13-4-2-11-6-7-17-16(19)15(11)8-13;11-7-2-1-6-3-4-10-9(12)8(6)5-7;1-10-7-3-2-6(5-9)8-4-7/h3-8,11-13H,9-10,14-15H2,1-2H3;2-5,8-9H,6-7,10H2,1H3,(H,17,19);1-2,5,11H,3-4H2,(H,10,12);2-4,9H,5H2,1H3. The molecule has 73 heavy (non-hydrogen) atoms. The number of hydrogen-bond donors (Lipinski definition) is 4. The van der Waals surface area contributed by atoms with Gasteiger partial charge < -0.3 is 54.2 Å². The largest absolute Gasteiger partial charge is 0.508 e. The molecule has 378 valence electrons. The monoisotopic (exact) mass is 991 g/mol. The van der Waals surface area contributed by atoms with Crippen molar-refractivity contribution in [2.75, 3.05) is 48.1 Å². The SMILES string of the molecule is COc1ccc(CO)nc1.COc1ccc(COc2ccc3c(c2)C(=O)NCC3)nc1.COc1ccc(COc2ccc3c(c2)CN(C(=O)c2ccc(OC)nc2)CC3)nc1.O=C1NCCc2ccc(O)cc21. The highest BCUT2D eigenvalue weighted by Gasteiger charge is 2.23. The molecular formula is C55H57N7O11. The zero-order valence-electron chi connectivity index (χ0n) is 41.0. The lowest BCUT2D eigenvalue weighted by Gasteiger charge is -2.29. The van der Waals surface area contributed by atoms with Gasteiger partial charge in [0.25, 0.3) is 17.7 Å². The number of hydrogen-bond acceptors (Lipinski definition) is 15. The number of nitrogens with one attached hydrogen (secondary N) is 2. The van der Waals surface area contributed by atoms with Gasteiger partial charge in [-0.05, 0) is 120 Å². The van der Waals surface area contributed by atoms with E-state index < -0.39 is 0 Å². The lowest BCUT2D eigenvalue weighted by molar-refractivity contribution is 0.0733. The van der Waals surface area contributed by atoms with Crippen LogP contribution in [-0.4, -0.2) is 101 Å². The lowest BCUT2D eigenvalue weighted by Crippen LogP contribution is -2.36. The zero-order valence-corrected chi connectivity index (χ0v) is 41.0. The van der Waals surface area contributed by atoms with Crippen molar-refractivity contribution in [2.45, 2.75) is 45.6 Å². The molecule has 0 bridgehead atoms. The van der Waals surface area contributed by atoms with Gasteiger partial charge in [-0.1, -0.05) is 18.2 Å². The number of ether oxygens (including phenoxy) is 6. The van der Waals surface area contributed by atoms with Crippen molar-refractivity contribution < 1.29 is 53.0 Å². The molecular weight excluding hydrogens is 935 g/mol. The third kappa shape index (κ3) is 14.6. The van der Waals surface area contributed by atoms with E-state index in [0.29, 0.717) is 90.7 Å². The summed E-state index contributed by atoms with van der Waals surface area (Å²) in [4.78, 5) is 54.3. The Kier molecular flexibility index (Phi) is 18.5. The molecule has 0 fully saturated rings. The van der Waals surface area contributed by atoms with Gasteiger partial charge in [0.15, 0.2) is 0 Å². The van der Waals surface area contributed by atoms with Gasteiger partial charge in [-0.2, -0.15) is 0 Å². The Morgan fingerprint density at radius 3 is 1.58 bits per heavy atom. The van der Waals surface area contributed by atoms with Crippen molar-refractivity contribution in [2.24, 2.45) is 0 Å². The molecule has 18 nitrogen and oxygen atoms in total. The van der Waals surface area contributed by atoms with Crippen LogP contribution in [0, 0.1) is 0 Å². The van der Waals surface area contributed by atoms with Gasteiger partial charge in [0.05, 0.1) is 76.3 Å². The van der Waals surface area contributed by atoms with Crippen molar-refractivity contribution in [3.63, 3.8) is 0 Å². The summed E-state index contributed by atoms with van der Waals surface area (Å²) in [5.41, 5.74) is 8.53. The maximum absolute atomic E-state index is 12.9. The smallest absolute Gasteiger partial charge is 0.255 e. The van der Waals surface area contributed by atoms with Crippen LogP contribution in [-0.2, 0) is 45.6 Å². The van der Waals surface area contributed by atoms with Crippen LogP contribution < -0.4 is 39.1 Å². The predicted molar refractivity (Wildman–Crippen MR) is 269 cm³/mol. The first-order chi connectivity index (χ1) is 35.5. The number of pyridine rings is 4. The normalized spacial score (nSPS) is 12.9. The summed E-state index contributed by atoms with van der Waals surface area (Å²) in [7, 11) is 6.34. The van der Waals surface area contributed by atoms with Crippen LogP contribution in [0.4, 0.5) is 0 Å². The minimum Gasteiger partial charge on any atom is -0.508 e. The fraction of sp³-hybridized carbons (Fsp3) is 0.255. The number of amides is 3. The number of phenolic OH excluding ortho intramolecular Hbond substituents is 1. The number of carbonyl (C=O) groups excluding carboxylic acids is 3. The van der Waals surface area contributed by atoms with E-state index in [2.05, 4.69) is 36.6 Å². The number of nitrogens with zero attached hydrogens (tertiary/aromatic N) is 5. The summed E-state index contributed by atoms with van der Waals surface area (Å²) in [6, 6.07) is 30.9. The molecule has 0 spiro atoms. The number of methoxy groups -OCH3 is 4. The number of fused-ring (bicyclic) bond motifs is 3. The molecule has 0 unspecified atom stereocenters. The molecule has 10 rings (SSSR count). The number of aromatic nitrogens is 4. The molecule has 3 aliphatic rings. The van der Waals surface area contributed by atoms with E-state index in [9.17, 15) is 14.4 Å². The Bertz CT molecular complexity index is 2920. The van der Waals surface area contributed by atoms with Crippen molar-refractivity contribution in [1.82, 2.24) is 35.5 Å². The van der Waals surface area contributed by atoms with Gasteiger partial charge in [-0.25, -0.2) is 4.98 Å². The summed E-state index contributed by atoms with van der Waals surface area (Å²) in [6.07, 6.45) is 8.97. The predicted octanol–water partition coefficient (Wildman–Crippen LogP) is 6.49. The highest BCUT2D eigenvalue weighted by molar-refractivity contribution is 5.97. The molecule has 0 atom stereocenters. The van der Waals surface area contributed by atoms with Gasteiger partial charge in [-0.15, -0.1) is 0 Å². The summed E-state index contributed by atoms with van der Waals surface area (Å²) >= 11 is 0. The van der Waals surface area contributed by atoms with E-state index in [1.807, 2.05) is 53.4 Å². The highest BCUT2D eigenvalue weighted by atomic mass is 16.5. The average Bonchev–Trinajstić information content (AvgIpc) is 3.45. The summed E-state index contributed by atoms with van der Waals surface area (Å²) in [5, 5.41) is 23.3. The van der Waals surface area contributed by atoms with Crippen LogP contribution >= 0.6 is 0 Å². The number of carbonyl (C=O) groups is 3. The molecule has 4 aromatic heterocycles. The average molecular weight is 992 g/mol. The second-order valence-electron chi connectivity index (χ2n) is 16.5.